The molecule has 0 bridgehead atoms. The van der Waals surface area contributed by atoms with Crippen LogP contribution in [0.5, 0.6) is 0 Å². The van der Waals surface area contributed by atoms with Crippen molar-refractivity contribution >= 4 is 0 Å². The molecule has 17 heavy (non-hydrogen) atoms. The first-order chi connectivity index (χ1) is 8.22. The lowest BCUT2D eigenvalue weighted by molar-refractivity contribution is 0.624. The molecular weight excluding hydrogens is 212 g/mol. The van der Waals surface area contributed by atoms with Crippen LogP contribution in [0.4, 0.5) is 0 Å². The van der Waals surface area contributed by atoms with Gasteiger partial charge in [-0.1, -0.05) is 13.0 Å². The van der Waals surface area contributed by atoms with Crippen molar-refractivity contribution in [3.63, 3.8) is 0 Å². The van der Waals surface area contributed by atoms with Crippen LogP contribution in [-0.2, 0) is 7.05 Å². The fourth-order valence-electron chi connectivity index (χ4n) is 2.00. The van der Waals surface area contributed by atoms with Gasteiger partial charge in [0.15, 0.2) is 0 Å². The maximum absolute atomic E-state index is 4.35. The standard InChI is InChI=1S/C13H18N4/c1-4-14-13(11-8-16-17(3)9-11)12-6-5-7-15-10(12)2/h5-9,13-14H,4H2,1-3H3. The molecule has 2 rings (SSSR count). The summed E-state index contributed by atoms with van der Waals surface area (Å²) in [5.74, 6) is 0. The minimum absolute atomic E-state index is 0.169. The zero-order valence-electron chi connectivity index (χ0n) is 10.5. The van der Waals surface area contributed by atoms with E-state index in [1.165, 1.54) is 11.1 Å². The molecule has 0 radical (unpaired) electrons. The van der Waals surface area contributed by atoms with Crippen LogP contribution in [0.15, 0.2) is 30.7 Å². The fraction of sp³-hybridized carbons (Fsp3) is 0.385. The molecule has 4 heteroatoms. The van der Waals surface area contributed by atoms with Gasteiger partial charge in [0, 0.05) is 30.7 Å². The van der Waals surface area contributed by atoms with E-state index in [1.54, 1.807) is 0 Å². The van der Waals surface area contributed by atoms with Gasteiger partial charge in [0.1, 0.15) is 0 Å². The highest BCUT2D eigenvalue weighted by atomic mass is 15.2. The molecule has 1 unspecified atom stereocenters. The Morgan fingerprint density at radius 1 is 1.47 bits per heavy atom. The number of aryl methyl sites for hydroxylation is 2. The number of rotatable bonds is 4. The summed E-state index contributed by atoms with van der Waals surface area (Å²) >= 11 is 0. The Balaban J connectivity index is 2.39. The Hall–Kier alpha value is -1.68. The van der Waals surface area contributed by atoms with E-state index >= 15 is 0 Å². The smallest absolute Gasteiger partial charge is 0.0625 e. The van der Waals surface area contributed by atoms with Gasteiger partial charge in [-0.05, 0) is 25.1 Å². The van der Waals surface area contributed by atoms with Crippen LogP contribution in [0.25, 0.3) is 0 Å². The summed E-state index contributed by atoms with van der Waals surface area (Å²) < 4.78 is 1.82. The highest BCUT2D eigenvalue weighted by Crippen LogP contribution is 2.23. The van der Waals surface area contributed by atoms with Crippen molar-refractivity contribution in [3.05, 3.63) is 47.5 Å². The third-order valence-corrected chi connectivity index (χ3v) is 2.83. The molecule has 0 saturated heterocycles. The monoisotopic (exact) mass is 230 g/mol. The first-order valence-electron chi connectivity index (χ1n) is 5.85. The molecule has 2 aromatic rings. The molecule has 0 aliphatic carbocycles. The van der Waals surface area contributed by atoms with Crippen molar-refractivity contribution in [1.29, 1.82) is 0 Å². The second-order valence-electron chi connectivity index (χ2n) is 4.12. The molecular formula is C13H18N4. The summed E-state index contributed by atoms with van der Waals surface area (Å²) in [6.07, 6.45) is 5.77. The van der Waals surface area contributed by atoms with Crippen molar-refractivity contribution in [2.45, 2.75) is 19.9 Å². The lowest BCUT2D eigenvalue weighted by Gasteiger charge is -2.18. The van der Waals surface area contributed by atoms with Gasteiger partial charge in [-0.25, -0.2) is 0 Å². The van der Waals surface area contributed by atoms with E-state index in [0.717, 1.165) is 12.2 Å². The average molecular weight is 230 g/mol. The summed E-state index contributed by atoms with van der Waals surface area (Å²) in [6.45, 7) is 5.05. The molecule has 90 valence electrons. The summed E-state index contributed by atoms with van der Waals surface area (Å²) in [5.41, 5.74) is 3.44. The number of hydrogen-bond acceptors (Lipinski definition) is 3. The molecule has 0 aliphatic heterocycles. The number of nitrogens with one attached hydrogen (secondary N) is 1. The average Bonchev–Trinajstić information content (AvgIpc) is 2.74. The predicted octanol–water partition coefficient (Wildman–Crippen LogP) is 1.82. The van der Waals surface area contributed by atoms with Gasteiger partial charge in [0.2, 0.25) is 0 Å². The van der Waals surface area contributed by atoms with E-state index in [-0.39, 0.29) is 6.04 Å². The Morgan fingerprint density at radius 2 is 2.29 bits per heavy atom. The van der Waals surface area contributed by atoms with Crippen LogP contribution in [0.2, 0.25) is 0 Å². The van der Waals surface area contributed by atoms with Crippen LogP contribution in [-0.4, -0.2) is 21.3 Å². The van der Waals surface area contributed by atoms with Crippen LogP contribution < -0.4 is 5.32 Å². The van der Waals surface area contributed by atoms with Crippen LogP contribution in [0, 0.1) is 6.92 Å². The zero-order chi connectivity index (χ0) is 12.3. The predicted molar refractivity (Wildman–Crippen MR) is 67.7 cm³/mol. The van der Waals surface area contributed by atoms with Gasteiger partial charge in [-0.2, -0.15) is 5.10 Å². The Morgan fingerprint density at radius 3 is 2.88 bits per heavy atom. The maximum Gasteiger partial charge on any atom is 0.0625 e. The number of nitrogens with zero attached hydrogens (tertiary/aromatic N) is 3. The van der Waals surface area contributed by atoms with E-state index in [2.05, 4.69) is 28.4 Å². The van der Waals surface area contributed by atoms with Gasteiger partial charge in [-0.3, -0.25) is 9.67 Å². The molecule has 4 nitrogen and oxygen atoms in total. The number of aromatic nitrogens is 3. The Kier molecular flexibility index (Phi) is 3.54. The van der Waals surface area contributed by atoms with Crippen molar-refractivity contribution in [2.75, 3.05) is 6.54 Å². The molecule has 0 spiro atoms. The summed E-state index contributed by atoms with van der Waals surface area (Å²) in [5, 5.41) is 7.71. The maximum atomic E-state index is 4.35. The SMILES string of the molecule is CCNC(c1cnn(C)c1)c1cccnc1C. The van der Waals surface area contributed by atoms with E-state index < -0.39 is 0 Å². The van der Waals surface area contributed by atoms with Gasteiger partial charge in [0.05, 0.1) is 12.2 Å². The molecule has 2 heterocycles. The topological polar surface area (TPSA) is 42.7 Å². The lowest BCUT2D eigenvalue weighted by Crippen LogP contribution is -2.22. The molecule has 2 aromatic heterocycles. The second-order valence-corrected chi connectivity index (χ2v) is 4.12. The van der Waals surface area contributed by atoms with Crippen molar-refractivity contribution in [2.24, 2.45) is 7.05 Å². The second kappa shape index (κ2) is 5.10. The third-order valence-electron chi connectivity index (χ3n) is 2.83. The lowest BCUT2D eigenvalue weighted by atomic mass is 10.0. The normalized spacial score (nSPS) is 12.6. The summed E-state index contributed by atoms with van der Waals surface area (Å²) in [4.78, 5) is 4.35. The molecule has 0 saturated carbocycles. The minimum atomic E-state index is 0.169. The molecule has 1 N–H and O–H groups in total. The van der Waals surface area contributed by atoms with Gasteiger partial charge >= 0.3 is 0 Å². The highest BCUT2D eigenvalue weighted by Gasteiger charge is 2.16. The zero-order valence-corrected chi connectivity index (χ0v) is 10.5. The largest absolute Gasteiger partial charge is 0.306 e. The van der Waals surface area contributed by atoms with Crippen LogP contribution in [0.1, 0.15) is 29.8 Å². The van der Waals surface area contributed by atoms with Gasteiger partial charge in [0.25, 0.3) is 0 Å². The van der Waals surface area contributed by atoms with E-state index in [9.17, 15) is 0 Å². The van der Waals surface area contributed by atoms with Crippen molar-refractivity contribution < 1.29 is 0 Å². The van der Waals surface area contributed by atoms with E-state index in [0.29, 0.717) is 0 Å². The van der Waals surface area contributed by atoms with Crippen molar-refractivity contribution in [1.82, 2.24) is 20.1 Å². The fourth-order valence-corrected chi connectivity index (χ4v) is 2.00. The molecule has 0 aromatic carbocycles. The molecule has 0 aliphatic rings. The third kappa shape index (κ3) is 2.53. The van der Waals surface area contributed by atoms with Gasteiger partial charge in [-0.15, -0.1) is 0 Å². The van der Waals surface area contributed by atoms with Gasteiger partial charge < -0.3 is 5.32 Å². The molecule has 1 atom stereocenters. The number of pyridine rings is 1. The summed E-state index contributed by atoms with van der Waals surface area (Å²) in [7, 11) is 1.93. The Labute approximate surface area is 102 Å². The first kappa shape index (κ1) is 11.8. The first-order valence-corrected chi connectivity index (χ1v) is 5.85. The minimum Gasteiger partial charge on any atom is -0.306 e. The highest BCUT2D eigenvalue weighted by molar-refractivity contribution is 5.31. The number of hydrogen-bond donors (Lipinski definition) is 1. The molecule has 0 amide bonds. The van der Waals surface area contributed by atoms with E-state index in [4.69, 9.17) is 0 Å². The molecule has 0 fully saturated rings. The Bertz CT molecular complexity index is 490. The van der Waals surface area contributed by atoms with Crippen molar-refractivity contribution in [3.8, 4) is 0 Å². The van der Waals surface area contributed by atoms with Crippen LogP contribution in [0.3, 0.4) is 0 Å². The summed E-state index contributed by atoms with van der Waals surface area (Å²) in [6, 6.07) is 4.26. The van der Waals surface area contributed by atoms with E-state index in [1.807, 2.05) is 43.3 Å². The van der Waals surface area contributed by atoms with Crippen LogP contribution >= 0.6 is 0 Å². The quantitative estimate of drug-likeness (QED) is 0.871.